The number of carbonyl (C=O) groups is 1. The maximum absolute atomic E-state index is 10.4. The van der Waals surface area contributed by atoms with Gasteiger partial charge in [-0.15, -0.1) is 0 Å². The number of ether oxygens (including phenoxy) is 1. The number of morpholine rings is 1. The van der Waals surface area contributed by atoms with E-state index in [2.05, 4.69) is 5.32 Å². The summed E-state index contributed by atoms with van der Waals surface area (Å²) in [6.07, 6.45) is 3.59. The summed E-state index contributed by atoms with van der Waals surface area (Å²) in [5.74, 6) is -0.781. The molecule has 1 saturated heterocycles. The standard InChI is InChI=1S/C9H15NO3/c11-8(12)4-7-5-10-9(6-13-7)2-1-3-9/h7,10H,1-6H2,(H,11,12). The lowest BCUT2D eigenvalue weighted by Crippen LogP contribution is -2.61. The van der Waals surface area contributed by atoms with Crippen LogP contribution in [0.2, 0.25) is 0 Å². The van der Waals surface area contributed by atoms with Gasteiger partial charge in [0.2, 0.25) is 0 Å². The van der Waals surface area contributed by atoms with Gasteiger partial charge in [0.25, 0.3) is 0 Å². The van der Waals surface area contributed by atoms with E-state index in [1.807, 2.05) is 0 Å². The van der Waals surface area contributed by atoms with Crippen LogP contribution in [0.4, 0.5) is 0 Å². The second-order valence-corrected chi connectivity index (χ2v) is 4.05. The van der Waals surface area contributed by atoms with Crippen LogP contribution in [0.25, 0.3) is 0 Å². The summed E-state index contributed by atoms with van der Waals surface area (Å²) in [5.41, 5.74) is 0.203. The Bertz CT molecular complexity index is 203. The third-order valence-electron chi connectivity index (χ3n) is 3.01. The van der Waals surface area contributed by atoms with E-state index in [9.17, 15) is 4.79 Å². The highest BCUT2D eigenvalue weighted by molar-refractivity contribution is 5.67. The van der Waals surface area contributed by atoms with Crippen LogP contribution in [0, 0.1) is 0 Å². The molecule has 2 N–H and O–H groups in total. The van der Waals surface area contributed by atoms with Crippen molar-refractivity contribution in [3.63, 3.8) is 0 Å². The molecule has 1 aliphatic heterocycles. The normalized spacial score (nSPS) is 31.2. The minimum absolute atomic E-state index is 0.114. The second-order valence-electron chi connectivity index (χ2n) is 4.05. The minimum atomic E-state index is -0.781. The first-order valence-corrected chi connectivity index (χ1v) is 4.79. The van der Waals surface area contributed by atoms with E-state index in [1.165, 1.54) is 19.3 Å². The maximum Gasteiger partial charge on any atom is 0.306 e. The van der Waals surface area contributed by atoms with E-state index < -0.39 is 5.97 Å². The van der Waals surface area contributed by atoms with Crippen LogP contribution in [0.5, 0.6) is 0 Å². The van der Waals surface area contributed by atoms with Gasteiger partial charge in [-0.3, -0.25) is 4.79 Å². The maximum atomic E-state index is 10.4. The van der Waals surface area contributed by atoms with Crippen LogP contribution in [0.15, 0.2) is 0 Å². The summed E-state index contributed by atoms with van der Waals surface area (Å²) in [7, 11) is 0. The van der Waals surface area contributed by atoms with Crippen molar-refractivity contribution in [3.8, 4) is 0 Å². The van der Waals surface area contributed by atoms with Gasteiger partial charge < -0.3 is 15.2 Å². The number of carboxylic acids is 1. The van der Waals surface area contributed by atoms with E-state index in [-0.39, 0.29) is 18.1 Å². The number of aliphatic carboxylic acids is 1. The summed E-state index contributed by atoms with van der Waals surface area (Å²) in [6.45, 7) is 1.37. The molecular weight excluding hydrogens is 170 g/mol. The zero-order valence-electron chi connectivity index (χ0n) is 7.58. The van der Waals surface area contributed by atoms with Gasteiger partial charge in [0.05, 0.1) is 19.1 Å². The molecule has 0 aromatic rings. The highest BCUT2D eigenvalue weighted by atomic mass is 16.5. The third kappa shape index (κ3) is 1.84. The summed E-state index contributed by atoms with van der Waals surface area (Å²) in [4.78, 5) is 10.4. The van der Waals surface area contributed by atoms with Gasteiger partial charge in [-0.25, -0.2) is 0 Å². The van der Waals surface area contributed by atoms with Crippen LogP contribution in [0.1, 0.15) is 25.7 Å². The molecule has 1 atom stereocenters. The van der Waals surface area contributed by atoms with Gasteiger partial charge in [0, 0.05) is 12.1 Å². The Morgan fingerprint density at radius 3 is 2.77 bits per heavy atom. The fourth-order valence-corrected chi connectivity index (χ4v) is 1.97. The predicted octanol–water partition coefficient (Wildman–Crippen LogP) is 0.372. The topological polar surface area (TPSA) is 58.6 Å². The van der Waals surface area contributed by atoms with Crippen LogP contribution >= 0.6 is 0 Å². The molecule has 1 aliphatic carbocycles. The Kier molecular flexibility index (Phi) is 2.26. The van der Waals surface area contributed by atoms with Gasteiger partial charge in [-0.2, -0.15) is 0 Å². The SMILES string of the molecule is O=C(O)CC1CNC2(CCC2)CO1. The molecule has 1 heterocycles. The first kappa shape index (κ1) is 8.97. The quantitative estimate of drug-likeness (QED) is 0.652. The molecule has 2 fully saturated rings. The summed E-state index contributed by atoms with van der Waals surface area (Å²) in [5, 5.41) is 12.0. The second kappa shape index (κ2) is 3.27. The fourth-order valence-electron chi connectivity index (χ4n) is 1.97. The summed E-state index contributed by atoms with van der Waals surface area (Å²) in [6, 6.07) is 0. The lowest BCUT2D eigenvalue weighted by Gasteiger charge is -2.47. The van der Waals surface area contributed by atoms with Crippen LogP contribution in [0.3, 0.4) is 0 Å². The summed E-state index contributed by atoms with van der Waals surface area (Å²) < 4.78 is 5.50. The van der Waals surface area contributed by atoms with Gasteiger partial charge in [-0.1, -0.05) is 0 Å². The van der Waals surface area contributed by atoms with Gasteiger partial charge in [0.15, 0.2) is 0 Å². The van der Waals surface area contributed by atoms with Crippen LogP contribution in [-0.2, 0) is 9.53 Å². The monoisotopic (exact) mass is 185 g/mol. The van der Waals surface area contributed by atoms with Gasteiger partial charge in [-0.05, 0) is 19.3 Å². The highest BCUT2D eigenvalue weighted by Gasteiger charge is 2.40. The molecule has 4 nitrogen and oxygen atoms in total. The summed E-state index contributed by atoms with van der Waals surface area (Å²) >= 11 is 0. The van der Waals surface area contributed by atoms with Crippen LogP contribution < -0.4 is 5.32 Å². The molecule has 0 bridgehead atoms. The molecule has 2 aliphatic rings. The van der Waals surface area contributed by atoms with Crippen LogP contribution in [-0.4, -0.2) is 35.9 Å². The van der Waals surface area contributed by atoms with E-state index in [1.54, 1.807) is 0 Å². The van der Waals surface area contributed by atoms with Crippen molar-refractivity contribution in [1.82, 2.24) is 5.32 Å². The molecule has 1 saturated carbocycles. The van der Waals surface area contributed by atoms with Crippen molar-refractivity contribution >= 4 is 5.97 Å². The van der Waals surface area contributed by atoms with Gasteiger partial charge in [0.1, 0.15) is 0 Å². The van der Waals surface area contributed by atoms with Crippen molar-refractivity contribution < 1.29 is 14.6 Å². The van der Waals surface area contributed by atoms with Gasteiger partial charge >= 0.3 is 5.97 Å². The molecule has 4 heteroatoms. The molecular formula is C9H15NO3. The number of carboxylic acid groups (broad SMARTS) is 1. The molecule has 1 spiro atoms. The third-order valence-corrected chi connectivity index (χ3v) is 3.01. The molecule has 1 unspecified atom stereocenters. The Labute approximate surface area is 77.3 Å². The highest BCUT2D eigenvalue weighted by Crippen LogP contribution is 2.34. The van der Waals surface area contributed by atoms with Crippen molar-refractivity contribution in [2.75, 3.05) is 13.2 Å². The smallest absolute Gasteiger partial charge is 0.306 e. The molecule has 0 amide bonds. The van der Waals surface area contributed by atoms with Crippen molar-refractivity contribution in [2.45, 2.75) is 37.3 Å². The molecule has 74 valence electrons. The Hall–Kier alpha value is -0.610. The largest absolute Gasteiger partial charge is 0.481 e. The van der Waals surface area contributed by atoms with E-state index in [4.69, 9.17) is 9.84 Å². The first-order chi connectivity index (χ1) is 6.20. The van der Waals surface area contributed by atoms with E-state index in [0.717, 1.165) is 0 Å². The van der Waals surface area contributed by atoms with E-state index in [0.29, 0.717) is 13.2 Å². The fraction of sp³-hybridized carbons (Fsp3) is 0.889. The Morgan fingerprint density at radius 1 is 1.62 bits per heavy atom. The minimum Gasteiger partial charge on any atom is -0.481 e. The first-order valence-electron chi connectivity index (χ1n) is 4.79. The average molecular weight is 185 g/mol. The number of rotatable bonds is 2. The Balaban J connectivity index is 1.79. The number of nitrogens with one attached hydrogen (secondary N) is 1. The zero-order chi connectivity index (χ0) is 9.31. The lowest BCUT2D eigenvalue weighted by molar-refractivity contribution is -0.143. The Morgan fingerprint density at radius 2 is 2.38 bits per heavy atom. The number of hydrogen-bond acceptors (Lipinski definition) is 3. The lowest BCUT2D eigenvalue weighted by atomic mass is 9.76. The average Bonchev–Trinajstić information content (AvgIpc) is 2.02. The van der Waals surface area contributed by atoms with Crippen molar-refractivity contribution in [1.29, 1.82) is 0 Å². The molecule has 0 aromatic heterocycles. The molecule has 13 heavy (non-hydrogen) atoms. The number of hydrogen-bond donors (Lipinski definition) is 2. The molecule has 0 radical (unpaired) electrons. The van der Waals surface area contributed by atoms with Crippen molar-refractivity contribution in [2.24, 2.45) is 0 Å². The van der Waals surface area contributed by atoms with Crippen molar-refractivity contribution in [3.05, 3.63) is 0 Å². The molecule has 2 rings (SSSR count). The molecule has 0 aromatic carbocycles. The zero-order valence-corrected chi connectivity index (χ0v) is 7.58. The van der Waals surface area contributed by atoms with E-state index >= 15 is 0 Å². The predicted molar refractivity (Wildman–Crippen MR) is 46.6 cm³/mol.